The number of hydrogen-bond donors (Lipinski definition) is 4. The van der Waals surface area contributed by atoms with E-state index in [1.54, 1.807) is 30.3 Å². The smallest absolute Gasteiger partial charge is 0.324 e. The standard InChI is InChI=1S/C16H16N2O6S/c19-10-14(16(21)22)18-25(23,24)13-8-6-12(7-9-13)17-15(20)11-4-2-1-3-5-11/h1-9,14,18-19H,10H2,(H,17,20)(H,21,22)/t14-/m1/s1. The number of carboxylic acid groups (broad SMARTS) is 1. The van der Waals surface area contributed by atoms with E-state index in [2.05, 4.69) is 5.32 Å². The van der Waals surface area contributed by atoms with Gasteiger partial charge in [0.15, 0.2) is 0 Å². The summed E-state index contributed by atoms with van der Waals surface area (Å²) < 4.78 is 26.1. The molecule has 1 amide bonds. The first-order chi connectivity index (χ1) is 11.8. The van der Waals surface area contributed by atoms with E-state index in [-0.39, 0.29) is 10.8 Å². The number of aliphatic hydroxyl groups is 1. The Morgan fingerprint density at radius 2 is 1.60 bits per heavy atom. The Bertz CT molecular complexity index is 850. The van der Waals surface area contributed by atoms with Crippen LogP contribution in [0.15, 0.2) is 59.5 Å². The summed E-state index contributed by atoms with van der Waals surface area (Å²) in [5.41, 5.74) is 0.831. The molecule has 0 saturated carbocycles. The lowest BCUT2D eigenvalue weighted by Gasteiger charge is -2.12. The molecule has 0 bridgehead atoms. The van der Waals surface area contributed by atoms with Crippen LogP contribution >= 0.6 is 0 Å². The minimum Gasteiger partial charge on any atom is -0.480 e. The second kappa shape index (κ2) is 7.88. The third kappa shape index (κ3) is 4.86. The second-order valence-electron chi connectivity index (χ2n) is 5.04. The number of carboxylic acids is 1. The first-order valence-corrected chi connectivity index (χ1v) is 8.64. The predicted octanol–water partition coefficient (Wildman–Crippen LogP) is 0.663. The van der Waals surface area contributed by atoms with Crippen molar-refractivity contribution in [2.75, 3.05) is 11.9 Å². The fourth-order valence-electron chi connectivity index (χ4n) is 1.93. The number of rotatable bonds is 7. The van der Waals surface area contributed by atoms with Gasteiger partial charge in [0.25, 0.3) is 5.91 Å². The molecule has 0 aliphatic heterocycles. The van der Waals surface area contributed by atoms with Crippen LogP contribution in [0.3, 0.4) is 0 Å². The van der Waals surface area contributed by atoms with Gasteiger partial charge in [-0.25, -0.2) is 8.42 Å². The molecule has 2 aromatic carbocycles. The van der Waals surface area contributed by atoms with Crippen LogP contribution in [0.4, 0.5) is 5.69 Å². The summed E-state index contributed by atoms with van der Waals surface area (Å²) in [4.78, 5) is 22.6. The number of benzene rings is 2. The Balaban J connectivity index is 2.11. The van der Waals surface area contributed by atoms with E-state index in [1.807, 2.05) is 4.72 Å². The monoisotopic (exact) mass is 364 g/mol. The molecule has 0 saturated heterocycles. The van der Waals surface area contributed by atoms with Gasteiger partial charge in [0, 0.05) is 11.3 Å². The van der Waals surface area contributed by atoms with E-state index in [1.165, 1.54) is 24.3 Å². The highest BCUT2D eigenvalue weighted by atomic mass is 32.2. The van der Waals surface area contributed by atoms with Crippen molar-refractivity contribution in [3.8, 4) is 0 Å². The van der Waals surface area contributed by atoms with Gasteiger partial charge < -0.3 is 15.5 Å². The van der Waals surface area contributed by atoms with Crippen LogP contribution in [0.5, 0.6) is 0 Å². The van der Waals surface area contributed by atoms with Crippen molar-refractivity contribution in [2.45, 2.75) is 10.9 Å². The molecule has 0 aliphatic rings. The average Bonchev–Trinajstić information content (AvgIpc) is 2.60. The summed E-state index contributed by atoms with van der Waals surface area (Å²) in [6.45, 7) is -0.875. The van der Waals surface area contributed by atoms with Crippen molar-refractivity contribution in [2.24, 2.45) is 0 Å². The van der Waals surface area contributed by atoms with Gasteiger partial charge in [-0.2, -0.15) is 4.72 Å². The lowest BCUT2D eigenvalue weighted by Crippen LogP contribution is -2.43. The molecule has 2 aromatic rings. The Kier molecular flexibility index (Phi) is 5.86. The highest BCUT2D eigenvalue weighted by molar-refractivity contribution is 7.89. The number of aliphatic hydroxyl groups excluding tert-OH is 1. The molecule has 8 nitrogen and oxygen atoms in total. The van der Waals surface area contributed by atoms with Gasteiger partial charge in [0.05, 0.1) is 11.5 Å². The summed E-state index contributed by atoms with van der Waals surface area (Å²) >= 11 is 0. The van der Waals surface area contributed by atoms with Gasteiger partial charge in [-0.15, -0.1) is 0 Å². The summed E-state index contributed by atoms with van der Waals surface area (Å²) in [7, 11) is -4.12. The minimum absolute atomic E-state index is 0.190. The maximum absolute atomic E-state index is 12.1. The second-order valence-corrected chi connectivity index (χ2v) is 6.75. The fourth-order valence-corrected chi connectivity index (χ4v) is 3.11. The maximum atomic E-state index is 12.1. The van der Waals surface area contributed by atoms with Gasteiger partial charge >= 0.3 is 5.97 Å². The Morgan fingerprint density at radius 1 is 1.00 bits per heavy atom. The van der Waals surface area contributed by atoms with Crippen molar-refractivity contribution < 1.29 is 28.2 Å². The highest BCUT2D eigenvalue weighted by Gasteiger charge is 2.24. The molecule has 25 heavy (non-hydrogen) atoms. The normalized spacial score (nSPS) is 12.4. The van der Waals surface area contributed by atoms with Crippen LogP contribution in [0.1, 0.15) is 10.4 Å². The number of nitrogens with one attached hydrogen (secondary N) is 2. The Morgan fingerprint density at radius 3 is 2.12 bits per heavy atom. The molecule has 2 rings (SSSR count). The SMILES string of the molecule is O=C(Nc1ccc(S(=O)(=O)N[C@H](CO)C(=O)O)cc1)c1ccccc1. The first kappa shape index (κ1) is 18.6. The molecule has 0 spiro atoms. The average molecular weight is 364 g/mol. The zero-order valence-corrected chi connectivity index (χ0v) is 13.7. The first-order valence-electron chi connectivity index (χ1n) is 7.16. The lowest BCUT2D eigenvalue weighted by molar-refractivity contribution is -0.139. The van der Waals surface area contributed by atoms with Crippen molar-refractivity contribution in [1.29, 1.82) is 0 Å². The predicted molar refractivity (Wildman–Crippen MR) is 89.7 cm³/mol. The topological polar surface area (TPSA) is 133 Å². The fraction of sp³-hybridized carbons (Fsp3) is 0.125. The molecule has 0 fully saturated rings. The van der Waals surface area contributed by atoms with Crippen LogP contribution in [-0.4, -0.2) is 43.2 Å². The van der Waals surface area contributed by atoms with Gasteiger partial charge in [-0.3, -0.25) is 9.59 Å². The molecule has 0 unspecified atom stereocenters. The van der Waals surface area contributed by atoms with Crippen molar-refractivity contribution in [3.05, 3.63) is 60.2 Å². The van der Waals surface area contributed by atoms with E-state index in [0.717, 1.165) is 0 Å². The Hall–Kier alpha value is -2.75. The molecule has 0 radical (unpaired) electrons. The van der Waals surface area contributed by atoms with E-state index in [4.69, 9.17) is 10.2 Å². The number of carbonyl (C=O) groups is 2. The summed E-state index contributed by atoms with van der Waals surface area (Å²) in [6.07, 6.45) is 0. The molecule has 1 atom stereocenters. The lowest BCUT2D eigenvalue weighted by atomic mass is 10.2. The number of carbonyl (C=O) groups excluding carboxylic acids is 1. The van der Waals surface area contributed by atoms with Crippen molar-refractivity contribution in [1.82, 2.24) is 4.72 Å². The third-order valence-electron chi connectivity index (χ3n) is 3.24. The summed E-state index contributed by atoms with van der Waals surface area (Å²) in [5, 5.41) is 20.3. The van der Waals surface area contributed by atoms with Gasteiger partial charge in [0.1, 0.15) is 6.04 Å². The van der Waals surface area contributed by atoms with Gasteiger partial charge in [0.2, 0.25) is 10.0 Å². The van der Waals surface area contributed by atoms with Gasteiger partial charge in [-0.1, -0.05) is 18.2 Å². The Labute approximate surface area is 144 Å². The molecule has 9 heteroatoms. The van der Waals surface area contributed by atoms with Crippen molar-refractivity contribution >= 4 is 27.6 Å². The zero-order chi connectivity index (χ0) is 18.4. The van der Waals surface area contributed by atoms with Crippen LogP contribution in [0, 0.1) is 0 Å². The molecule has 132 valence electrons. The molecule has 4 N–H and O–H groups in total. The van der Waals surface area contributed by atoms with E-state index in [9.17, 15) is 18.0 Å². The molecular formula is C16H16N2O6S. The number of anilines is 1. The number of sulfonamides is 1. The number of aliphatic carboxylic acids is 1. The van der Waals surface area contributed by atoms with Crippen LogP contribution in [0.2, 0.25) is 0 Å². The van der Waals surface area contributed by atoms with E-state index in [0.29, 0.717) is 11.3 Å². The number of amides is 1. The minimum atomic E-state index is -4.12. The molecular weight excluding hydrogens is 348 g/mol. The molecule has 0 aromatic heterocycles. The zero-order valence-electron chi connectivity index (χ0n) is 12.9. The molecule has 0 heterocycles. The summed E-state index contributed by atoms with van der Waals surface area (Å²) in [6, 6.07) is 12.1. The number of hydrogen-bond acceptors (Lipinski definition) is 5. The van der Waals surface area contributed by atoms with Gasteiger partial charge in [-0.05, 0) is 36.4 Å². The van der Waals surface area contributed by atoms with Crippen molar-refractivity contribution in [3.63, 3.8) is 0 Å². The van der Waals surface area contributed by atoms with Crippen LogP contribution in [0.25, 0.3) is 0 Å². The third-order valence-corrected chi connectivity index (χ3v) is 4.72. The van der Waals surface area contributed by atoms with Crippen LogP contribution in [-0.2, 0) is 14.8 Å². The summed E-state index contributed by atoms with van der Waals surface area (Å²) in [5.74, 6) is -1.83. The largest absolute Gasteiger partial charge is 0.480 e. The van der Waals surface area contributed by atoms with E-state index >= 15 is 0 Å². The quantitative estimate of drug-likeness (QED) is 0.570. The van der Waals surface area contributed by atoms with Crippen LogP contribution < -0.4 is 10.0 Å². The van der Waals surface area contributed by atoms with E-state index < -0.39 is 28.6 Å². The maximum Gasteiger partial charge on any atom is 0.324 e. The molecule has 0 aliphatic carbocycles. The highest BCUT2D eigenvalue weighted by Crippen LogP contribution is 2.15.